The van der Waals surface area contributed by atoms with Crippen LogP contribution in [0.25, 0.3) is 12.2 Å². The normalized spacial score (nSPS) is 16.6. The number of aromatic nitrogens is 6. The summed E-state index contributed by atoms with van der Waals surface area (Å²) in [5.41, 5.74) is 8.91. The molecule has 3 N–H and O–H groups in total. The maximum Gasteiger partial charge on any atom is 0.364 e. The zero-order chi connectivity index (χ0) is 48.4. The van der Waals surface area contributed by atoms with Crippen molar-refractivity contribution in [2.24, 2.45) is 0 Å². The van der Waals surface area contributed by atoms with Crippen molar-refractivity contribution in [2.75, 3.05) is 30.3 Å². The fraction of sp³-hybridized carbons (Fsp3) is 0.407. The molecule has 0 spiro atoms. The minimum atomic E-state index is -0.431. The molecule has 1 unspecified atom stereocenters. The Hall–Kier alpha value is -6.41. The number of unbranched alkanes of at least 4 members (excludes halogenated alkanes) is 2. The Labute approximate surface area is 429 Å². The average molecular weight is 970 g/mol. The minimum Gasteiger partial charge on any atom is -0.409 e. The van der Waals surface area contributed by atoms with Crippen LogP contribution >= 0.6 is 0 Å². The summed E-state index contributed by atoms with van der Waals surface area (Å²) in [4.78, 5) is 40.3. The van der Waals surface area contributed by atoms with Crippen LogP contribution in [0.1, 0.15) is 135 Å². The first-order valence-electron chi connectivity index (χ1n) is 25.4. The smallest absolute Gasteiger partial charge is 0.364 e. The molecule has 10 rings (SSSR count). The number of nitrogens with zero attached hydrogens (tertiary/aromatic N) is 7. The molecule has 4 aliphatic rings. The van der Waals surface area contributed by atoms with Crippen LogP contribution in [0.15, 0.2) is 122 Å². The lowest BCUT2D eigenvalue weighted by Gasteiger charge is -2.36. The lowest BCUT2D eigenvalue weighted by atomic mass is 9.79. The largest absolute Gasteiger partial charge is 0.409 e. The monoisotopic (exact) mass is 970 g/mol. The van der Waals surface area contributed by atoms with Gasteiger partial charge in [-0.25, -0.2) is 29.9 Å². The molecular weight excluding hydrogens is 894 g/mol. The molecule has 13 heteroatoms. The third kappa shape index (κ3) is 15.3. The van der Waals surface area contributed by atoms with Gasteiger partial charge in [-0.2, -0.15) is 0 Å². The van der Waals surface area contributed by atoms with Gasteiger partial charge < -0.3 is 25.2 Å². The highest BCUT2D eigenvalue weighted by atomic mass is 16.5. The summed E-state index contributed by atoms with van der Waals surface area (Å²) < 4.78 is 6.41. The molecule has 0 radical (unpaired) electrons. The molecule has 0 amide bonds. The Balaban J connectivity index is 0.000000175. The first kappa shape index (κ1) is 54.9. The summed E-state index contributed by atoms with van der Waals surface area (Å²) in [6.07, 6.45) is 27.8. The molecule has 2 fully saturated rings. The van der Waals surface area contributed by atoms with Gasteiger partial charge in [0.15, 0.2) is 5.78 Å². The Bertz CT molecular complexity index is 2590. The number of hydrogen-bond donors (Lipinski definition) is 3. The van der Waals surface area contributed by atoms with Gasteiger partial charge in [0.05, 0.1) is 6.10 Å². The van der Waals surface area contributed by atoms with E-state index >= 15 is 0 Å². The van der Waals surface area contributed by atoms with Crippen molar-refractivity contribution in [3.05, 3.63) is 178 Å². The van der Waals surface area contributed by atoms with Crippen LogP contribution in [0.4, 0.5) is 11.6 Å². The first-order chi connectivity index (χ1) is 34.3. The average Bonchev–Trinajstić information content (AvgIpc) is 4.04. The Morgan fingerprint density at radius 2 is 1.25 bits per heavy atom. The number of aliphatic hydroxyl groups excluding tert-OH is 1. The molecule has 378 valence electrons. The third-order valence-electron chi connectivity index (χ3n) is 13.5. The number of anilines is 2. The van der Waals surface area contributed by atoms with E-state index in [1.54, 1.807) is 36.9 Å². The number of allylic oxidation sites excluding steroid dienone is 1. The number of ketones is 1. The van der Waals surface area contributed by atoms with Crippen molar-refractivity contribution < 1.29 is 14.6 Å². The summed E-state index contributed by atoms with van der Waals surface area (Å²) in [6.45, 7) is 6.89. The van der Waals surface area contributed by atoms with Gasteiger partial charge in [-0.1, -0.05) is 106 Å². The molecule has 0 aliphatic carbocycles. The quantitative estimate of drug-likeness (QED) is 0.0481. The topological polar surface area (TPSA) is 151 Å². The zero-order valence-corrected chi connectivity index (χ0v) is 41.0. The van der Waals surface area contributed by atoms with E-state index < -0.39 is 6.10 Å². The second-order valence-electron chi connectivity index (χ2n) is 18.7. The minimum absolute atomic E-state index is 0. The highest BCUT2D eigenvalue weighted by Crippen LogP contribution is 2.46. The maximum absolute atomic E-state index is 11.9. The van der Waals surface area contributed by atoms with Gasteiger partial charge >= 0.3 is 7.62 Å². The molecule has 2 atom stereocenters. The first-order valence-corrected chi connectivity index (χ1v) is 25.4. The molecule has 0 saturated carbocycles. The van der Waals surface area contributed by atoms with E-state index in [4.69, 9.17) is 9.64 Å². The number of aryl methyl sites for hydroxylation is 6. The van der Waals surface area contributed by atoms with Gasteiger partial charge in [0.1, 0.15) is 28.9 Å². The van der Waals surface area contributed by atoms with Gasteiger partial charge in [-0.05, 0) is 144 Å². The van der Waals surface area contributed by atoms with Crippen LogP contribution in [-0.2, 0) is 40.7 Å². The van der Waals surface area contributed by atoms with Gasteiger partial charge in [0.2, 0.25) is 0 Å². The van der Waals surface area contributed by atoms with E-state index in [0.29, 0.717) is 12.5 Å². The number of hydrogen-bond acceptors (Lipinski definition) is 12. The lowest BCUT2D eigenvalue weighted by molar-refractivity contribution is -0.114. The number of pyridine rings is 2. The number of carbonyl (C=O) groups is 1. The van der Waals surface area contributed by atoms with E-state index in [0.717, 1.165) is 131 Å². The number of benzene rings is 2. The van der Waals surface area contributed by atoms with Crippen LogP contribution in [0.5, 0.6) is 0 Å². The molecule has 4 aromatic heterocycles. The van der Waals surface area contributed by atoms with Crippen molar-refractivity contribution in [1.29, 1.82) is 0 Å². The second-order valence-corrected chi connectivity index (χ2v) is 18.7. The molecule has 8 heterocycles. The Kier molecular flexibility index (Phi) is 21.4. The molecule has 2 saturated heterocycles. The maximum atomic E-state index is 11.9. The van der Waals surface area contributed by atoms with Crippen LogP contribution < -0.4 is 10.6 Å². The number of aliphatic hydroxyl groups is 1. The molecule has 72 heavy (non-hydrogen) atoms. The molecule has 12 nitrogen and oxygen atoms in total. The molecular formula is C59H76BN9O3. The summed E-state index contributed by atoms with van der Waals surface area (Å²) in [5, 5.41) is 16.8. The molecule has 4 aliphatic heterocycles. The number of fused-ring (bicyclic) bond motifs is 3. The fourth-order valence-electron chi connectivity index (χ4n) is 9.66. The summed E-state index contributed by atoms with van der Waals surface area (Å²) >= 11 is 0. The van der Waals surface area contributed by atoms with E-state index in [9.17, 15) is 9.90 Å². The number of rotatable bonds is 16. The van der Waals surface area contributed by atoms with Gasteiger partial charge in [0.25, 0.3) is 0 Å². The molecule has 0 bridgehead atoms. The van der Waals surface area contributed by atoms with E-state index in [1.807, 2.05) is 26.0 Å². The van der Waals surface area contributed by atoms with Crippen LogP contribution in [-0.4, -0.2) is 85.0 Å². The predicted octanol–water partition coefficient (Wildman–Crippen LogP) is 10.8. The Morgan fingerprint density at radius 1 is 0.722 bits per heavy atom. The highest BCUT2D eigenvalue weighted by Gasteiger charge is 2.52. The predicted molar refractivity (Wildman–Crippen MR) is 295 cm³/mol. The Morgan fingerprint density at radius 3 is 1.81 bits per heavy atom. The van der Waals surface area contributed by atoms with Gasteiger partial charge in [-0.3, -0.25) is 4.79 Å². The van der Waals surface area contributed by atoms with Crippen LogP contribution in [0, 0.1) is 13.8 Å². The van der Waals surface area contributed by atoms with Crippen LogP contribution in [0.2, 0.25) is 0 Å². The summed E-state index contributed by atoms with van der Waals surface area (Å²) in [6, 6.07) is 30.5. The second kappa shape index (κ2) is 28.0. The molecule has 2 aromatic carbocycles. The van der Waals surface area contributed by atoms with E-state index in [1.165, 1.54) is 47.9 Å². The zero-order valence-electron chi connectivity index (χ0n) is 41.0. The standard InChI is InChI=1S/C20H26N4O.C20H24N4O.C17H18BNO.2CH4/c2*1-15-22-13-16(14-23-15)8-11-19(25)7-3-2-6-18-10-9-17-5-4-12-21-20(17)24-18;1-3-8-14(9-4-1)17(15-10-5-2-6-11-15)16-12-7-13-19(16)18-20-17;;/h8-11,13-14,19,25H,2-7,12H2,1H3,(H,21,24);8-11,13-14H,2-7,12H2,1H3,(H,21,24);1-6,8-11,16,18H,7,12-13H2;2*1H4/b2*11-8+;;;/t19-;;;;/m1..../s1. The summed E-state index contributed by atoms with van der Waals surface area (Å²) in [5.74, 6) is 3.73. The van der Waals surface area contributed by atoms with E-state index in [2.05, 4.69) is 125 Å². The van der Waals surface area contributed by atoms with Crippen molar-refractivity contribution >= 4 is 37.2 Å². The van der Waals surface area contributed by atoms with E-state index in [-0.39, 0.29) is 26.2 Å². The fourth-order valence-corrected chi connectivity index (χ4v) is 9.66. The number of carbonyl (C=O) groups excluding carboxylic acids is 1. The van der Waals surface area contributed by atoms with Gasteiger partial charge in [-0.15, -0.1) is 0 Å². The van der Waals surface area contributed by atoms with Crippen molar-refractivity contribution in [3.8, 4) is 0 Å². The molecule has 6 aromatic rings. The van der Waals surface area contributed by atoms with Crippen molar-refractivity contribution in [1.82, 2.24) is 34.7 Å². The van der Waals surface area contributed by atoms with Crippen LogP contribution in [0.3, 0.4) is 0 Å². The SMILES string of the molecule is B1OC(c2ccccc2)(c2ccccc2)C2CCCN12.C.C.Cc1ncc(/C=C/C(=O)CCCCc2ccc3c(n2)NCCC3)cn1.Cc1ncc(/C=C/[C@H](O)CCCCc2ccc3c(n2)NCCC3)cn1. The third-order valence-corrected chi connectivity index (χ3v) is 13.5. The lowest BCUT2D eigenvalue weighted by Crippen LogP contribution is -2.40. The summed E-state index contributed by atoms with van der Waals surface area (Å²) in [7, 11) is 0.744. The van der Waals surface area contributed by atoms with Crippen molar-refractivity contribution in [3.63, 3.8) is 0 Å². The highest BCUT2D eigenvalue weighted by molar-refractivity contribution is 6.25. The van der Waals surface area contributed by atoms with Crippen molar-refractivity contribution in [2.45, 2.75) is 136 Å². The van der Waals surface area contributed by atoms with Gasteiger partial charge in [0, 0.05) is 72.9 Å². The number of nitrogens with one attached hydrogen (secondary N) is 2.